The van der Waals surface area contributed by atoms with E-state index in [2.05, 4.69) is 0 Å². The van der Waals surface area contributed by atoms with Crippen molar-refractivity contribution in [2.24, 2.45) is 5.92 Å². The van der Waals surface area contributed by atoms with Gasteiger partial charge in [0.15, 0.2) is 5.78 Å². The monoisotopic (exact) mass is 176 g/mol. The molecule has 0 spiro atoms. The molecule has 1 heterocycles. The Morgan fingerprint density at radius 2 is 2.45 bits per heavy atom. The first kappa shape index (κ1) is 9.01. The van der Waals surface area contributed by atoms with Crippen molar-refractivity contribution in [2.75, 3.05) is 12.5 Å². The van der Waals surface area contributed by atoms with Gasteiger partial charge in [0.25, 0.3) is 0 Å². The van der Waals surface area contributed by atoms with Crippen LogP contribution in [0.5, 0.6) is 0 Å². The molecule has 1 aliphatic heterocycles. The molecule has 0 radical (unpaired) electrons. The van der Waals surface area contributed by atoms with Crippen molar-refractivity contribution in [2.45, 2.75) is 25.9 Å². The maximum atomic E-state index is 11.2. The Morgan fingerprint density at radius 3 is 3.00 bits per heavy atom. The topological polar surface area (TPSA) is 26.3 Å². The van der Waals surface area contributed by atoms with Gasteiger partial charge in [-0.25, -0.2) is 0 Å². The summed E-state index contributed by atoms with van der Waals surface area (Å²) in [6.07, 6.45) is 1.89. The molecule has 0 saturated carbocycles. The third kappa shape index (κ3) is 1.94. The molecule has 1 saturated heterocycles. The highest BCUT2D eigenvalue weighted by molar-refractivity contribution is 6.27. The van der Waals surface area contributed by atoms with Crippen LogP contribution in [0, 0.1) is 5.92 Å². The Balaban J connectivity index is 2.49. The second-order valence-corrected chi connectivity index (χ2v) is 3.08. The molecule has 2 atom stereocenters. The van der Waals surface area contributed by atoms with Gasteiger partial charge >= 0.3 is 0 Å². The Labute approximate surface area is 71.9 Å². The van der Waals surface area contributed by atoms with Gasteiger partial charge in [-0.1, -0.05) is 6.92 Å². The molecule has 3 heteroatoms. The summed E-state index contributed by atoms with van der Waals surface area (Å²) < 4.78 is 5.36. The number of halogens is 1. The summed E-state index contributed by atoms with van der Waals surface area (Å²) in [5.74, 6) is 0.332. The Kier molecular flexibility index (Phi) is 3.34. The highest BCUT2D eigenvalue weighted by atomic mass is 35.5. The number of rotatable bonds is 3. The molecule has 1 rings (SSSR count). The Morgan fingerprint density at radius 1 is 1.73 bits per heavy atom. The van der Waals surface area contributed by atoms with Gasteiger partial charge in [0.1, 0.15) is 0 Å². The number of Topliss-reactive ketones (excluding diaryl/α,β-unsaturated/α-hetero) is 1. The first-order chi connectivity index (χ1) is 5.29. The van der Waals surface area contributed by atoms with Crippen LogP contribution in [0.2, 0.25) is 0 Å². The van der Waals surface area contributed by atoms with E-state index in [4.69, 9.17) is 16.3 Å². The lowest BCUT2D eigenvalue weighted by atomic mass is 9.96. The minimum atomic E-state index is 0.0671. The van der Waals surface area contributed by atoms with Crippen molar-refractivity contribution >= 4 is 17.4 Å². The van der Waals surface area contributed by atoms with E-state index >= 15 is 0 Å². The van der Waals surface area contributed by atoms with E-state index in [9.17, 15) is 4.79 Å². The second kappa shape index (κ2) is 4.07. The molecule has 0 aromatic rings. The van der Waals surface area contributed by atoms with Crippen LogP contribution < -0.4 is 0 Å². The van der Waals surface area contributed by atoms with Gasteiger partial charge in [0.2, 0.25) is 0 Å². The van der Waals surface area contributed by atoms with Crippen molar-refractivity contribution in [3.8, 4) is 0 Å². The molecule has 0 bridgehead atoms. The number of hydrogen-bond acceptors (Lipinski definition) is 2. The first-order valence-electron chi connectivity index (χ1n) is 3.99. The van der Waals surface area contributed by atoms with Gasteiger partial charge in [-0.15, -0.1) is 11.6 Å². The van der Waals surface area contributed by atoms with Gasteiger partial charge < -0.3 is 4.74 Å². The number of alkyl halides is 1. The lowest BCUT2D eigenvalue weighted by Crippen LogP contribution is -2.24. The number of carbonyl (C=O) groups is 1. The average Bonchev–Trinajstić information content (AvgIpc) is 2.50. The zero-order valence-electron chi connectivity index (χ0n) is 6.68. The van der Waals surface area contributed by atoms with Crippen LogP contribution in [0.25, 0.3) is 0 Å². The molecule has 0 aromatic carbocycles. The Bertz CT molecular complexity index is 147. The normalized spacial score (nSPS) is 30.7. The van der Waals surface area contributed by atoms with E-state index in [0.717, 1.165) is 12.8 Å². The number of ketones is 1. The van der Waals surface area contributed by atoms with Crippen molar-refractivity contribution in [3.63, 3.8) is 0 Å². The molecule has 0 aromatic heterocycles. The fourth-order valence-corrected chi connectivity index (χ4v) is 1.72. The highest BCUT2D eigenvalue weighted by Crippen LogP contribution is 2.24. The summed E-state index contributed by atoms with van der Waals surface area (Å²) in [6, 6.07) is 0. The van der Waals surface area contributed by atoms with Gasteiger partial charge in [0, 0.05) is 12.5 Å². The van der Waals surface area contributed by atoms with Gasteiger partial charge in [-0.05, 0) is 12.8 Å². The molecule has 1 fully saturated rings. The van der Waals surface area contributed by atoms with Gasteiger partial charge in [0.05, 0.1) is 12.0 Å². The Hall–Kier alpha value is -0.0800. The van der Waals surface area contributed by atoms with E-state index in [0.29, 0.717) is 6.61 Å². The van der Waals surface area contributed by atoms with Gasteiger partial charge in [-0.2, -0.15) is 0 Å². The van der Waals surface area contributed by atoms with Crippen LogP contribution in [0.4, 0.5) is 0 Å². The first-order valence-corrected chi connectivity index (χ1v) is 4.53. The predicted octanol–water partition coefficient (Wildman–Crippen LogP) is 1.61. The molecule has 0 aliphatic carbocycles. The molecule has 2 unspecified atom stereocenters. The van der Waals surface area contributed by atoms with Crippen LogP contribution in [0.1, 0.15) is 19.8 Å². The highest BCUT2D eigenvalue weighted by Gasteiger charge is 2.31. The summed E-state index contributed by atoms with van der Waals surface area (Å²) in [4.78, 5) is 11.2. The third-order valence-corrected chi connectivity index (χ3v) is 2.42. The molecular formula is C8H13ClO2. The van der Waals surface area contributed by atoms with Crippen LogP contribution >= 0.6 is 11.6 Å². The van der Waals surface area contributed by atoms with Crippen molar-refractivity contribution in [1.82, 2.24) is 0 Å². The molecule has 11 heavy (non-hydrogen) atoms. The molecule has 0 amide bonds. The zero-order valence-corrected chi connectivity index (χ0v) is 7.43. The number of ether oxygens (including phenoxy) is 1. The minimum absolute atomic E-state index is 0.0671. The number of hydrogen-bond donors (Lipinski definition) is 0. The van der Waals surface area contributed by atoms with Crippen molar-refractivity contribution in [3.05, 3.63) is 0 Å². The zero-order chi connectivity index (χ0) is 8.27. The molecule has 64 valence electrons. The summed E-state index contributed by atoms with van der Waals surface area (Å²) in [7, 11) is 0. The molecule has 2 nitrogen and oxygen atoms in total. The smallest absolute Gasteiger partial charge is 0.153 e. The largest absolute Gasteiger partial charge is 0.377 e. The van der Waals surface area contributed by atoms with E-state index in [1.54, 1.807) is 0 Å². The third-order valence-electron chi connectivity index (χ3n) is 2.16. The van der Waals surface area contributed by atoms with E-state index in [-0.39, 0.29) is 23.7 Å². The quantitative estimate of drug-likeness (QED) is 0.611. The molecule has 1 aliphatic rings. The SMILES string of the molecule is CCC1OCCC1C(=O)CCl. The lowest BCUT2D eigenvalue weighted by Gasteiger charge is -2.13. The van der Waals surface area contributed by atoms with E-state index in [1.807, 2.05) is 6.92 Å². The van der Waals surface area contributed by atoms with E-state index < -0.39 is 0 Å². The summed E-state index contributed by atoms with van der Waals surface area (Å²) in [6.45, 7) is 2.75. The summed E-state index contributed by atoms with van der Waals surface area (Å²) >= 11 is 5.45. The standard InChI is InChI=1S/C8H13ClO2/c1-2-8-6(3-4-11-8)7(10)5-9/h6,8H,2-5H2,1H3. The number of carbonyl (C=O) groups excluding carboxylic acids is 1. The van der Waals surface area contributed by atoms with Crippen molar-refractivity contribution in [1.29, 1.82) is 0 Å². The minimum Gasteiger partial charge on any atom is -0.377 e. The predicted molar refractivity (Wildman–Crippen MR) is 43.9 cm³/mol. The van der Waals surface area contributed by atoms with E-state index in [1.165, 1.54) is 0 Å². The van der Waals surface area contributed by atoms with Crippen LogP contribution in [0.15, 0.2) is 0 Å². The summed E-state index contributed by atoms with van der Waals surface area (Å²) in [5, 5.41) is 0. The second-order valence-electron chi connectivity index (χ2n) is 2.81. The average molecular weight is 177 g/mol. The van der Waals surface area contributed by atoms with Crippen molar-refractivity contribution < 1.29 is 9.53 Å². The van der Waals surface area contributed by atoms with Crippen LogP contribution in [-0.2, 0) is 9.53 Å². The van der Waals surface area contributed by atoms with Gasteiger partial charge in [-0.3, -0.25) is 4.79 Å². The fraction of sp³-hybridized carbons (Fsp3) is 0.875. The van der Waals surface area contributed by atoms with Crippen LogP contribution in [-0.4, -0.2) is 24.4 Å². The molecule has 0 N–H and O–H groups in total. The maximum absolute atomic E-state index is 11.2. The maximum Gasteiger partial charge on any atom is 0.153 e. The van der Waals surface area contributed by atoms with Crippen LogP contribution in [0.3, 0.4) is 0 Å². The molecular weight excluding hydrogens is 164 g/mol. The fourth-order valence-electron chi connectivity index (χ4n) is 1.52. The summed E-state index contributed by atoms with van der Waals surface area (Å²) in [5.41, 5.74) is 0. The lowest BCUT2D eigenvalue weighted by molar-refractivity contribution is -0.122.